The van der Waals surface area contributed by atoms with Gasteiger partial charge in [-0.25, -0.2) is 9.78 Å². The van der Waals surface area contributed by atoms with Crippen molar-refractivity contribution < 1.29 is 14.3 Å². The standard InChI is InChI=1S/C11H15N3O3S/c1-3-17-11(16)7-4-9(12)14-5-8(7)18-6-10(15)13-2/h4-5H,3,6H2,1-2H3,(H2,12,14)(H,13,15). The van der Waals surface area contributed by atoms with Crippen molar-refractivity contribution in [1.29, 1.82) is 0 Å². The molecule has 0 aliphatic heterocycles. The first-order valence-corrected chi connectivity index (χ1v) is 6.33. The summed E-state index contributed by atoms with van der Waals surface area (Å²) in [5.41, 5.74) is 5.87. The van der Waals surface area contributed by atoms with Crippen LogP contribution in [0.1, 0.15) is 17.3 Å². The van der Waals surface area contributed by atoms with E-state index in [1.54, 1.807) is 14.0 Å². The zero-order valence-electron chi connectivity index (χ0n) is 10.2. The number of anilines is 1. The van der Waals surface area contributed by atoms with Crippen LogP contribution in [0.25, 0.3) is 0 Å². The molecule has 0 aliphatic rings. The smallest absolute Gasteiger partial charge is 0.339 e. The molecule has 0 aromatic carbocycles. The summed E-state index contributed by atoms with van der Waals surface area (Å²) in [6, 6.07) is 1.45. The fourth-order valence-corrected chi connectivity index (χ4v) is 2.01. The Balaban J connectivity index is 2.89. The van der Waals surface area contributed by atoms with Crippen LogP contribution in [0.2, 0.25) is 0 Å². The molecule has 0 spiro atoms. The SMILES string of the molecule is CCOC(=O)c1cc(N)ncc1SCC(=O)NC. The highest BCUT2D eigenvalue weighted by atomic mass is 32.2. The number of nitrogen functional groups attached to an aromatic ring is 1. The van der Waals surface area contributed by atoms with Gasteiger partial charge < -0.3 is 15.8 Å². The van der Waals surface area contributed by atoms with Gasteiger partial charge in [-0.05, 0) is 13.0 Å². The van der Waals surface area contributed by atoms with Gasteiger partial charge in [0.1, 0.15) is 5.82 Å². The molecule has 0 atom stereocenters. The maximum atomic E-state index is 11.7. The summed E-state index contributed by atoms with van der Waals surface area (Å²) in [4.78, 5) is 27.4. The number of carbonyl (C=O) groups is 2. The minimum Gasteiger partial charge on any atom is -0.462 e. The number of nitrogens with two attached hydrogens (primary N) is 1. The van der Waals surface area contributed by atoms with Crippen LogP contribution in [0.5, 0.6) is 0 Å². The molecule has 98 valence electrons. The Morgan fingerprint density at radius 2 is 2.28 bits per heavy atom. The molecule has 7 heteroatoms. The number of carbonyl (C=O) groups excluding carboxylic acids is 2. The van der Waals surface area contributed by atoms with Crippen molar-refractivity contribution in [3.8, 4) is 0 Å². The average Bonchev–Trinajstić information content (AvgIpc) is 2.37. The lowest BCUT2D eigenvalue weighted by Gasteiger charge is -2.08. The normalized spacial score (nSPS) is 9.89. The van der Waals surface area contributed by atoms with Gasteiger partial charge >= 0.3 is 5.97 Å². The molecule has 0 unspecified atom stereocenters. The molecule has 0 bridgehead atoms. The topological polar surface area (TPSA) is 94.3 Å². The summed E-state index contributed by atoms with van der Waals surface area (Å²) in [7, 11) is 1.55. The number of aromatic nitrogens is 1. The fourth-order valence-electron chi connectivity index (χ4n) is 1.16. The molecule has 3 N–H and O–H groups in total. The molecule has 0 radical (unpaired) electrons. The van der Waals surface area contributed by atoms with Crippen molar-refractivity contribution in [3.05, 3.63) is 17.8 Å². The molecule has 18 heavy (non-hydrogen) atoms. The third-order valence-electron chi connectivity index (χ3n) is 2.02. The lowest BCUT2D eigenvalue weighted by Crippen LogP contribution is -2.20. The van der Waals surface area contributed by atoms with E-state index in [1.165, 1.54) is 24.0 Å². The van der Waals surface area contributed by atoms with Gasteiger partial charge in [0.2, 0.25) is 5.91 Å². The number of amides is 1. The molecule has 0 saturated carbocycles. The Labute approximate surface area is 109 Å². The maximum Gasteiger partial charge on any atom is 0.339 e. The average molecular weight is 269 g/mol. The number of hydrogen-bond acceptors (Lipinski definition) is 6. The van der Waals surface area contributed by atoms with E-state index < -0.39 is 5.97 Å². The van der Waals surface area contributed by atoms with E-state index in [4.69, 9.17) is 10.5 Å². The Morgan fingerprint density at radius 1 is 1.56 bits per heavy atom. The lowest BCUT2D eigenvalue weighted by molar-refractivity contribution is -0.118. The molecule has 1 amide bonds. The second-order valence-electron chi connectivity index (χ2n) is 3.29. The first kappa shape index (κ1) is 14.3. The van der Waals surface area contributed by atoms with Gasteiger partial charge in [0.25, 0.3) is 0 Å². The Bertz CT molecular complexity index is 451. The van der Waals surface area contributed by atoms with Crippen LogP contribution in [0.3, 0.4) is 0 Å². The zero-order valence-corrected chi connectivity index (χ0v) is 11.0. The zero-order chi connectivity index (χ0) is 13.5. The lowest BCUT2D eigenvalue weighted by atomic mass is 10.2. The van der Waals surface area contributed by atoms with E-state index in [0.717, 1.165) is 0 Å². The van der Waals surface area contributed by atoms with E-state index in [-0.39, 0.29) is 24.1 Å². The first-order valence-electron chi connectivity index (χ1n) is 5.34. The summed E-state index contributed by atoms with van der Waals surface area (Å²) >= 11 is 1.21. The number of nitrogens with zero attached hydrogens (tertiary/aromatic N) is 1. The van der Waals surface area contributed by atoms with Crippen LogP contribution in [0, 0.1) is 0 Å². The van der Waals surface area contributed by atoms with Crippen molar-refractivity contribution in [3.63, 3.8) is 0 Å². The predicted octanol–water partition coefficient (Wildman–Crippen LogP) is 0.679. The second kappa shape index (κ2) is 6.85. The molecule has 0 aliphatic carbocycles. The summed E-state index contributed by atoms with van der Waals surface area (Å²) in [5, 5.41) is 2.50. The molecule has 1 rings (SSSR count). The van der Waals surface area contributed by atoms with E-state index in [1.807, 2.05) is 0 Å². The molecule has 0 saturated heterocycles. The molecule has 1 heterocycles. The van der Waals surface area contributed by atoms with Gasteiger partial charge in [-0.15, -0.1) is 11.8 Å². The third kappa shape index (κ3) is 3.92. The van der Waals surface area contributed by atoms with Crippen molar-refractivity contribution in [2.75, 3.05) is 25.1 Å². The van der Waals surface area contributed by atoms with Crippen molar-refractivity contribution in [2.45, 2.75) is 11.8 Å². The monoisotopic (exact) mass is 269 g/mol. The van der Waals surface area contributed by atoms with E-state index in [0.29, 0.717) is 10.5 Å². The van der Waals surface area contributed by atoms with Crippen LogP contribution in [0.4, 0.5) is 5.82 Å². The van der Waals surface area contributed by atoms with E-state index in [9.17, 15) is 9.59 Å². The largest absolute Gasteiger partial charge is 0.462 e. The summed E-state index contributed by atoms with van der Waals surface area (Å²) < 4.78 is 4.92. The van der Waals surface area contributed by atoms with Gasteiger partial charge in [0.15, 0.2) is 0 Å². The number of pyridine rings is 1. The van der Waals surface area contributed by atoms with Crippen LogP contribution < -0.4 is 11.1 Å². The van der Waals surface area contributed by atoms with Gasteiger partial charge in [0.05, 0.1) is 17.9 Å². The minimum absolute atomic E-state index is 0.133. The van der Waals surface area contributed by atoms with Crippen molar-refractivity contribution in [1.82, 2.24) is 10.3 Å². The van der Waals surface area contributed by atoms with Gasteiger partial charge in [0, 0.05) is 18.1 Å². The molecule has 1 aromatic heterocycles. The van der Waals surface area contributed by atoms with Gasteiger partial charge in [-0.1, -0.05) is 0 Å². The summed E-state index contributed by atoms with van der Waals surface area (Å²) in [6.45, 7) is 2.00. The van der Waals surface area contributed by atoms with Gasteiger partial charge in [-0.2, -0.15) is 0 Å². The minimum atomic E-state index is -0.467. The number of esters is 1. The third-order valence-corrected chi connectivity index (χ3v) is 3.06. The first-order chi connectivity index (χ1) is 8.58. The van der Waals surface area contributed by atoms with Crippen LogP contribution in [0.15, 0.2) is 17.2 Å². The molecular weight excluding hydrogens is 254 g/mol. The van der Waals surface area contributed by atoms with Crippen LogP contribution in [-0.4, -0.2) is 36.3 Å². The highest BCUT2D eigenvalue weighted by molar-refractivity contribution is 8.00. The highest BCUT2D eigenvalue weighted by Crippen LogP contribution is 2.23. The Kier molecular flexibility index (Phi) is 5.44. The number of nitrogens with one attached hydrogen (secondary N) is 1. The highest BCUT2D eigenvalue weighted by Gasteiger charge is 2.15. The molecular formula is C11H15N3O3S. The number of ether oxygens (including phenoxy) is 1. The number of thioether (sulfide) groups is 1. The Hall–Kier alpha value is -1.76. The van der Waals surface area contributed by atoms with Crippen LogP contribution >= 0.6 is 11.8 Å². The van der Waals surface area contributed by atoms with Crippen LogP contribution in [-0.2, 0) is 9.53 Å². The van der Waals surface area contributed by atoms with Gasteiger partial charge in [-0.3, -0.25) is 4.79 Å². The quantitative estimate of drug-likeness (QED) is 0.603. The summed E-state index contributed by atoms with van der Waals surface area (Å²) in [5.74, 6) is -0.158. The summed E-state index contributed by atoms with van der Waals surface area (Å²) in [6.07, 6.45) is 1.47. The van der Waals surface area contributed by atoms with E-state index in [2.05, 4.69) is 10.3 Å². The molecule has 6 nitrogen and oxygen atoms in total. The number of rotatable bonds is 5. The maximum absolute atomic E-state index is 11.7. The van der Waals surface area contributed by atoms with Crippen molar-refractivity contribution >= 4 is 29.5 Å². The number of hydrogen-bond donors (Lipinski definition) is 2. The Morgan fingerprint density at radius 3 is 2.89 bits per heavy atom. The fraction of sp³-hybridized carbons (Fsp3) is 0.364. The van der Waals surface area contributed by atoms with Crippen molar-refractivity contribution in [2.24, 2.45) is 0 Å². The molecule has 0 fully saturated rings. The van der Waals surface area contributed by atoms with E-state index >= 15 is 0 Å². The predicted molar refractivity (Wildman–Crippen MR) is 69.4 cm³/mol. The molecule has 1 aromatic rings. The second-order valence-corrected chi connectivity index (χ2v) is 4.30.